The molecule has 5 nitrogen and oxygen atoms in total. The van der Waals surface area contributed by atoms with Gasteiger partial charge in [-0.2, -0.15) is 0 Å². The zero-order valence-electron chi connectivity index (χ0n) is 12.8. The van der Waals surface area contributed by atoms with Gasteiger partial charge in [0.05, 0.1) is 18.9 Å². The van der Waals surface area contributed by atoms with E-state index in [-0.39, 0.29) is 23.7 Å². The molecule has 1 aliphatic carbocycles. The molecule has 1 aromatic heterocycles. The van der Waals surface area contributed by atoms with Crippen LogP contribution in [0.4, 0.5) is 5.69 Å². The monoisotopic (exact) mass is 330 g/mol. The predicted octanol–water partition coefficient (Wildman–Crippen LogP) is 3.34. The number of benzene rings is 1. The highest BCUT2D eigenvalue weighted by atomic mass is 32.1. The second-order valence-electron chi connectivity index (χ2n) is 5.57. The lowest BCUT2D eigenvalue weighted by atomic mass is 9.95. The van der Waals surface area contributed by atoms with E-state index >= 15 is 0 Å². The van der Waals surface area contributed by atoms with Crippen molar-refractivity contribution >= 4 is 28.9 Å². The summed E-state index contributed by atoms with van der Waals surface area (Å²) in [7, 11) is 1.37. The highest BCUT2D eigenvalue weighted by Crippen LogP contribution is 2.34. The number of methoxy groups -OCH3 is 1. The van der Waals surface area contributed by atoms with Crippen LogP contribution >= 0.6 is 11.3 Å². The van der Waals surface area contributed by atoms with Crippen LogP contribution in [-0.2, 0) is 14.3 Å². The van der Waals surface area contributed by atoms with E-state index in [1.807, 2.05) is 29.6 Å². The van der Waals surface area contributed by atoms with Crippen molar-refractivity contribution in [2.24, 2.45) is 11.8 Å². The van der Waals surface area contributed by atoms with Crippen molar-refractivity contribution in [3.63, 3.8) is 0 Å². The van der Waals surface area contributed by atoms with Crippen molar-refractivity contribution in [2.45, 2.75) is 19.3 Å². The number of nitrogens with one attached hydrogen (secondary N) is 1. The molecule has 2 aromatic rings. The van der Waals surface area contributed by atoms with Crippen molar-refractivity contribution < 1.29 is 14.3 Å². The Morgan fingerprint density at radius 2 is 2.13 bits per heavy atom. The van der Waals surface area contributed by atoms with Gasteiger partial charge in [-0.25, -0.2) is 4.98 Å². The SMILES string of the molecule is COC(=O)[C@H]1CCC[C@@H]1C(=O)Nc1cccc(-c2nccs2)c1. The maximum atomic E-state index is 12.5. The molecule has 0 saturated heterocycles. The van der Waals surface area contributed by atoms with E-state index in [1.54, 1.807) is 17.5 Å². The van der Waals surface area contributed by atoms with Gasteiger partial charge in [0, 0.05) is 22.8 Å². The van der Waals surface area contributed by atoms with Gasteiger partial charge in [0.25, 0.3) is 0 Å². The first kappa shape index (κ1) is 15.7. The number of thiazole rings is 1. The first-order valence-corrected chi connectivity index (χ1v) is 8.45. The summed E-state index contributed by atoms with van der Waals surface area (Å²) in [6.45, 7) is 0. The van der Waals surface area contributed by atoms with Crippen LogP contribution in [0.1, 0.15) is 19.3 Å². The van der Waals surface area contributed by atoms with Gasteiger partial charge in [0.1, 0.15) is 5.01 Å². The minimum absolute atomic E-state index is 0.116. The molecule has 120 valence electrons. The molecule has 0 radical (unpaired) electrons. The third-order valence-electron chi connectivity index (χ3n) is 4.17. The van der Waals surface area contributed by atoms with Crippen LogP contribution in [0.5, 0.6) is 0 Å². The summed E-state index contributed by atoms with van der Waals surface area (Å²) in [4.78, 5) is 28.6. The minimum Gasteiger partial charge on any atom is -0.469 e. The molecule has 0 aliphatic heterocycles. The number of ether oxygens (including phenoxy) is 1. The third-order valence-corrected chi connectivity index (χ3v) is 4.99. The van der Waals surface area contributed by atoms with Crippen molar-refractivity contribution in [3.8, 4) is 10.6 Å². The average Bonchev–Trinajstić information content (AvgIpc) is 3.25. The molecule has 0 bridgehead atoms. The molecular formula is C17H18N2O3S. The summed E-state index contributed by atoms with van der Waals surface area (Å²) in [5, 5.41) is 5.75. The van der Waals surface area contributed by atoms with Crippen molar-refractivity contribution in [1.82, 2.24) is 4.98 Å². The van der Waals surface area contributed by atoms with Crippen LogP contribution in [-0.4, -0.2) is 24.0 Å². The summed E-state index contributed by atoms with van der Waals surface area (Å²) in [5.41, 5.74) is 1.69. The number of hydrogen-bond donors (Lipinski definition) is 1. The Morgan fingerprint density at radius 3 is 2.87 bits per heavy atom. The molecule has 1 fully saturated rings. The zero-order valence-corrected chi connectivity index (χ0v) is 13.6. The lowest BCUT2D eigenvalue weighted by molar-refractivity contribution is -0.148. The highest BCUT2D eigenvalue weighted by molar-refractivity contribution is 7.13. The van der Waals surface area contributed by atoms with Gasteiger partial charge in [-0.1, -0.05) is 18.6 Å². The number of carbonyl (C=O) groups excluding carboxylic acids is 2. The zero-order chi connectivity index (χ0) is 16.2. The van der Waals surface area contributed by atoms with Crippen LogP contribution in [0.2, 0.25) is 0 Å². The number of carbonyl (C=O) groups is 2. The predicted molar refractivity (Wildman–Crippen MR) is 89.0 cm³/mol. The number of anilines is 1. The maximum Gasteiger partial charge on any atom is 0.309 e. The van der Waals surface area contributed by atoms with Gasteiger partial charge in [-0.15, -0.1) is 11.3 Å². The topological polar surface area (TPSA) is 68.3 Å². The summed E-state index contributed by atoms with van der Waals surface area (Å²) >= 11 is 1.55. The molecule has 0 unspecified atom stereocenters. The second-order valence-corrected chi connectivity index (χ2v) is 6.47. The number of amides is 1. The summed E-state index contributed by atoms with van der Waals surface area (Å²) in [5.74, 6) is -1.05. The van der Waals surface area contributed by atoms with Gasteiger partial charge < -0.3 is 10.1 Å². The van der Waals surface area contributed by atoms with Gasteiger partial charge in [-0.05, 0) is 25.0 Å². The first-order chi connectivity index (χ1) is 11.2. The highest BCUT2D eigenvalue weighted by Gasteiger charge is 2.38. The average molecular weight is 330 g/mol. The molecule has 1 N–H and O–H groups in total. The Balaban J connectivity index is 1.73. The van der Waals surface area contributed by atoms with Crippen molar-refractivity contribution in [1.29, 1.82) is 0 Å². The quantitative estimate of drug-likeness (QED) is 0.873. The molecule has 23 heavy (non-hydrogen) atoms. The van der Waals surface area contributed by atoms with Crippen LogP contribution in [0, 0.1) is 11.8 Å². The number of nitrogens with zero attached hydrogens (tertiary/aromatic N) is 1. The van der Waals surface area contributed by atoms with Gasteiger partial charge >= 0.3 is 5.97 Å². The molecule has 1 amide bonds. The molecule has 1 saturated carbocycles. The summed E-state index contributed by atoms with van der Waals surface area (Å²) < 4.78 is 4.81. The van der Waals surface area contributed by atoms with Crippen LogP contribution in [0.3, 0.4) is 0 Å². The number of esters is 1. The molecule has 1 aromatic carbocycles. The number of hydrogen-bond acceptors (Lipinski definition) is 5. The van der Waals surface area contributed by atoms with E-state index in [9.17, 15) is 9.59 Å². The lowest BCUT2D eigenvalue weighted by Crippen LogP contribution is -2.30. The Labute approximate surface area is 138 Å². The fraction of sp³-hybridized carbons (Fsp3) is 0.353. The summed E-state index contributed by atoms with van der Waals surface area (Å²) in [6.07, 6.45) is 4.06. The Kier molecular flexibility index (Phi) is 4.71. The largest absolute Gasteiger partial charge is 0.469 e. The molecule has 1 heterocycles. The Morgan fingerprint density at radius 1 is 1.30 bits per heavy atom. The van der Waals surface area contributed by atoms with Gasteiger partial charge in [0.2, 0.25) is 5.91 Å². The molecular weight excluding hydrogens is 312 g/mol. The smallest absolute Gasteiger partial charge is 0.309 e. The fourth-order valence-corrected chi connectivity index (χ4v) is 3.67. The van der Waals surface area contributed by atoms with E-state index < -0.39 is 0 Å². The molecule has 2 atom stereocenters. The summed E-state index contributed by atoms with van der Waals surface area (Å²) in [6, 6.07) is 7.59. The van der Waals surface area contributed by atoms with Crippen LogP contribution < -0.4 is 5.32 Å². The molecule has 6 heteroatoms. The Bertz CT molecular complexity index is 700. The second kappa shape index (κ2) is 6.91. The van der Waals surface area contributed by atoms with E-state index in [4.69, 9.17) is 4.74 Å². The van der Waals surface area contributed by atoms with Crippen molar-refractivity contribution in [3.05, 3.63) is 35.8 Å². The number of aromatic nitrogens is 1. The van der Waals surface area contributed by atoms with E-state index in [0.29, 0.717) is 6.42 Å². The van der Waals surface area contributed by atoms with Gasteiger partial charge in [-0.3, -0.25) is 9.59 Å². The van der Waals surface area contributed by atoms with Crippen LogP contribution in [0.25, 0.3) is 10.6 Å². The van der Waals surface area contributed by atoms with Crippen molar-refractivity contribution in [2.75, 3.05) is 12.4 Å². The first-order valence-electron chi connectivity index (χ1n) is 7.57. The molecule has 0 spiro atoms. The van der Waals surface area contributed by atoms with E-state index in [1.165, 1.54) is 7.11 Å². The number of rotatable bonds is 4. The molecule has 1 aliphatic rings. The van der Waals surface area contributed by atoms with Gasteiger partial charge in [0.15, 0.2) is 0 Å². The normalized spacial score (nSPS) is 20.2. The third kappa shape index (κ3) is 3.42. The lowest BCUT2D eigenvalue weighted by Gasteiger charge is -2.17. The van der Waals surface area contributed by atoms with E-state index in [0.717, 1.165) is 29.1 Å². The van der Waals surface area contributed by atoms with E-state index in [2.05, 4.69) is 10.3 Å². The fourth-order valence-electron chi connectivity index (χ4n) is 3.04. The standard InChI is InChI=1S/C17H18N2O3S/c1-22-17(21)14-7-3-6-13(14)15(20)19-12-5-2-4-11(10-12)16-18-8-9-23-16/h2,4-5,8-10,13-14H,3,6-7H2,1H3,(H,19,20)/t13-,14-/m0/s1. The maximum absolute atomic E-state index is 12.5. The van der Waals surface area contributed by atoms with Crippen LogP contribution in [0.15, 0.2) is 35.8 Å². The molecule has 3 rings (SSSR count). The Hall–Kier alpha value is -2.21. The minimum atomic E-state index is -0.331.